The van der Waals surface area contributed by atoms with Gasteiger partial charge in [-0.1, -0.05) is 0 Å². The van der Waals surface area contributed by atoms with Crippen LogP contribution in [0.4, 0.5) is 13.2 Å². The van der Waals surface area contributed by atoms with E-state index in [9.17, 15) is 22.8 Å². The summed E-state index contributed by atoms with van der Waals surface area (Å²) in [5.41, 5.74) is -4.69. The highest BCUT2D eigenvalue weighted by atomic mass is 32.2. The van der Waals surface area contributed by atoms with Crippen LogP contribution in [0.5, 0.6) is 0 Å². The summed E-state index contributed by atoms with van der Waals surface area (Å²) in [6.07, 6.45) is 1.28. The number of alkyl halides is 3. The average molecular weight is 322 g/mol. The molecule has 0 aliphatic carbocycles. The first-order valence-corrected chi connectivity index (χ1v) is 6.70. The first-order chi connectivity index (χ1) is 9.70. The van der Waals surface area contributed by atoms with Crippen LogP contribution in [0.25, 0.3) is 0 Å². The third kappa shape index (κ3) is 6.03. The molecule has 0 saturated heterocycles. The number of pyridine rings is 1. The minimum absolute atomic E-state index is 0.116. The predicted molar refractivity (Wildman–Crippen MR) is 70.0 cm³/mol. The maximum absolute atomic E-state index is 12.4. The largest absolute Gasteiger partial charge is 0.481 e. The van der Waals surface area contributed by atoms with Gasteiger partial charge in [-0.2, -0.15) is 13.2 Å². The van der Waals surface area contributed by atoms with Crippen LogP contribution in [0.3, 0.4) is 0 Å². The number of aromatic nitrogens is 1. The normalized spacial score (nSPS) is 11.2. The fourth-order valence-corrected chi connectivity index (χ4v) is 2.12. The van der Waals surface area contributed by atoms with E-state index >= 15 is 0 Å². The van der Waals surface area contributed by atoms with Crippen LogP contribution < -0.4 is 0 Å². The molecule has 21 heavy (non-hydrogen) atoms. The Hall–Kier alpha value is -1.77. The highest BCUT2D eigenvalue weighted by Gasteiger charge is 2.32. The van der Waals surface area contributed by atoms with E-state index in [-0.39, 0.29) is 24.9 Å². The zero-order valence-electron chi connectivity index (χ0n) is 11.1. The second-order valence-corrected chi connectivity index (χ2v) is 5.18. The Labute approximate surface area is 123 Å². The van der Waals surface area contributed by atoms with Crippen molar-refractivity contribution in [1.82, 2.24) is 9.88 Å². The van der Waals surface area contributed by atoms with E-state index in [0.717, 1.165) is 0 Å². The Morgan fingerprint density at radius 3 is 2.67 bits per heavy atom. The van der Waals surface area contributed by atoms with Crippen LogP contribution in [0.15, 0.2) is 23.4 Å². The van der Waals surface area contributed by atoms with Crippen LogP contribution in [0, 0.1) is 0 Å². The van der Waals surface area contributed by atoms with E-state index < -0.39 is 34.2 Å². The van der Waals surface area contributed by atoms with Crippen LogP contribution in [0.2, 0.25) is 0 Å². The minimum atomic E-state index is -4.54. The van der Waals surface area contributed by atoms with E-state index in [0.29, 0.717) is 0 Å². The van der Waals surface area contributed by atoms with Crippen molar-refractivity contribution >= 4 is 23.6 Å². The minimum Gasteiger partial charge on any atom is -0.481 e. The lowest BCUT2D eigenvalue weighted by atomic mass is 10.2. The van der Waals surface area contributed by atoms with Gasteiger partial charge in [-0.25, -0.2) is 4.98 Å². The standard InChI is InChI=1S/C12H13F3N2O3S/c1-17(7-3-5-9(18)19)11(20)8-4-2-6-16-10(8)21-12(13,14)15/h2,4,6H,3,5,7H2,1H3,(H,18,19). The van der Waals surface area contributed by atoms with Crippen molar-refractivity contribution in [2.45, 2.75) is 23.4 Å². The Bertz CT molecular complexity index is 523. The number of thioether (sulfide) groups is 1. The Kier molecular flexibility index (Phi) is 6.01. The second-order valence-electron chi connectivity index (χ2n) is 4.13. The van der Waals surface area contributed by atoms with Crippen molar-refractivity contribution < 1.29 is 27.9 Å². The number of amides is 1. The summed E-state index contributed by atoms with van der Waals surface area (Å²) in [6, 6.07) is 2.63. The van der Waals surface area contributed by atoms with Crippen molar-refractivity contribution in [3.63, 3.8) is 0 Å². The lowest BCUT2D eigenvalue weighted by Crippen LogP contribution is -2.29. The van der Waals surface area contributed by atoms with Gasteiger partial charge in [0.15, 0.2) is 0 Å². The van der Waals surface area contributed by atoms with Gasteiger partial charge in [0.25, 0.3) is 5.91 Å². The molecule has 1 N–H and O–H groups in total. The highest BCUT2D eigenvalue weighted by Crippen LogP contribution is 2.37. The third-order valence-corrected chi connectivity index (χ3v) is 3.19. The van der Waals surface area contributed by atoms with E-state index in [2.05, 4.69) is 4.98 Å². The van der Waals surface area contributed by atoms with E-state index in [1.165, 1.54) is 30.3 Å². The number of carboxylic acid groups (broad SMARTS) is 1. The maximum atomic E-state index is 12.4. The van der Waals surface area contributed by atoms with Gasteiger partial charge in [-0.05, 0) is 18.6 Å². The van der Waals surface area contributed by atoms with Crippen LogP contribution in [-0.4, -0.2) is 46.0 Å². The molecule has 0 aromatic carbocycles. The third-order valence-electron chi connectivity index (χ3n) is 2.44. The molecule has 5 nitrogen and oxygen atoms in total. The molecule has 0 radical (unpaired) electrons. The lowest BCUT2D eigenvalue weighted by Gasteiger charge is -2.18. The molecule has 0 atom stereocenters. The van der Waals surface area contributed by atoms with Gasteiger partial charge in [0.05, 0.1) is 5.56 Å². The molecule has 0 spiro atoms. The van der Waals surface area contributed by atoms with Crippen molar-refractivity contribution in [2.24, 2.45) is 0 Å². The van der Waals surface area contributed by atoms with Gasteiger partial charge in [0.1, 0.15) is 5.03 Å². The maximum Gasteiger partial charge on any atom is 0.447 e. The van der Waals surface area contributed by atoms with Gasteiger partial charge < -0.3 is 10.0 Å². The second kappa shape index (κ2) is 7.30. The molecule has 1 amide bonds. The SMILES string of the molecule is CN(CCCC(=O)O)C(=O)c1cccnc1SC(F)(F)F. The Morgan fingerprint density at radius 2 is 2.10 bits per heavy atom. The number of hydrogen-bond acceptors (Lipinski definition) is 4. The van der Waals surface area contributed by atoms with Gasteiger partial charge in [0, 0.05) is 38.0 Å². The van der Waals surface area contributed by atoms with Crippen molar-refractivity contribution in [3.05, 3.63) is 23.9 Å². The topological polar surface area (TPSA) is 70.5 Å². The molecule has 0 fully saturated rings. The van der Waals surface area contributed by atoms with Crippen LogP contribution >= 0.6 is 11.8 Å². The van der Waals surface area contributed by atoms with Gasteiger partial charge in [-0.3, -0.25) is 9.59 Å². The number of nitrogens with zero attached hydrogens (tertiary/aromatic N) is 2. The molecule has 0 unspecified atom stereocenters. The van der Waals surface area contributed by atoms with Gasteiger partial charge in [0.2, 0.25) is 0 Å². The van der Waals surface area contributed by atoms with E-state index in [1.807, 2.05) is 0 Å². The molecule has 1 rings (SSSR count). The molecular formula is C12H13F3N2O3S. The molecule has 0 saturated carbocycles. The zero-order valence-corrected chi connectivity index (χ0v) is 11.9. The van der Waals surface area contributed by atoms with Crippen molar-refractivity contribution in [2.75, 3.05) is 13.6 Å². The van der Waals surface area contributed by atoms with E-state index in [1.54, 1.807) is 0 Å². The van der Waals surface area contributed by atoms with Crippen LogP contribution in [-0.2, 0) is 4.79 Å². The molecule has 0 bridgehead atoms. The van der Waals surface area contributed by atoms with Crippen LogP contribution in [0.1, 0.15) is 23.2 Å². The first-order valence-electron chi connectivity index (χ1n) is 5.88. The smallest absolute Gasteiger partial charge is 0.447 e. The van der Waals surface area contributed by atoms with Crippen molar-refractivity contribution in [3.8, 4) is 0 Å². The van der Waals surface area contributed by atoms with Crippen molar-refractivity contribution in [1.29, 1.82) is 0 Å². The zero-order chi connectivity index (χ0) is 16.0. The summed E-state index contributed by atoms with van der Waals surface area (Å²) < 4.78 is 37.2. The Morgan fingerprint density at radius 1 is 1.43 bits per heavy atom. The average Bonchev–Trinajstić information content (AvgIpc) is 2.36. The summed E-state index contributed by atoms with van der Waals surface area (Å²) in [5, 5.41) is 8.10. The summed E-state index contributed by atoms with van der Waals surface area (Å²) in [7, 11) is 1.40. The first kappa shape index (κ1) is 17.3. The molecule has 9 heteroatoms. The monoisotopic (exact) mass is 322 g/mol. The fourth-order valence-electron chi connectivity index (χ4n) is 1.52. The number of halogens is 3. The number of carboxylic acids is 1. The number of carbonyl (C=O) groups excluding carboxylic acids is 1. The summed E-state index contributed by atoms with van der Waals surface area (Å²) >= 11 is -0.451. The summed E-state index contributed by atoms with van der Waals surface area (Å²) in [5.74, 6) is -1.62. The molecule has 1 aromatic heterocycles. The van der Waals surface area contributed by atoms with Gasteiger partial charge >= 0.3 is 11.5 Å². The lowest BCUT2D eigenvalue weighted by molar-refractivity contribution is -0.137. The number of rotatable bonds is 6. The van der Waals surface area contributed by atoms with E-state index in [4.69, 9.17) is 5.11 Å². The molecule has 1 heterocycles. The predicted octanol–water partition coefficient (Wildman–Crippen LogP) is 2.63. The molecule has 1 aromatic rings. The Balaban J connectivity index is 2.79. The molecule has 116 valence electrons. The molecule has 0 aliphatic heterocycles. The molecular weight excluding hydrogens is 309 g/mol. The number of carbonyl (C=O) groups is 2. The quantitative estimate of drug-likeness (QED) is 0.815. The number of hydrogen-bond donors (Lipinski definition) is 1. The highest BCUT2D eigenvalue weighted by molar-refractivity contribution is 8.00. The van der Waals surface area contributed by atoms with Gasteiger partial charge in [-0.15, -0.1) is 0 Å². The summed E-state index contributed by atoms with van der Waals surface area (Å²) in [4.78, 5) is 27.2. The summed E-state index contributed by atoms with van der Waals surface area (Å²) in [6.45, 7) is 0.135. The molecule has 0 aliphatic rings. The fraction of sp³-hybridized carbons (Fsp3) is 0.417. The number of aliphatic carboxylic acids is 1.